The third-order valence-corrected chi connectivity index (χ3v) is 5.38. The van der Waals surface area contributed by atoms with E-state index in [-0.39, 0.29) is 18.4 Å². The summed E-state index contributed by atoms with van der Waals surface area (Å²) in [5, 5.41) is 3.19. The molecule has 0 aromatic heterocycles. The lowest BCUT2D eigenvalue weighted by atomic mass is 10.0. The van der Waals surface area contributed by atoms with E-state index in [2.05, 4.69) is 11.4 Å². The first-order valence-electron chi connectivity index (χ1n) is 9.74. The second-order valence-corrected chi connectivity index (χ2v) is 7.21. The molecule has 2 amide bonds. The Morgan fingerprint density at radius 3 is 2.41 bits per heavy atom. The fourth-order valence-electron chi connectivity index (χ4n) is 3.90. The minimum absolute atomic E-state index is 0.0689. The van der Waals surface area contributed by atoms with Crippen LogP contribution in [0.4, 0.5) is 11.4 Å². The van der Waals surface area contributed by atoms with Crippen molar-refractivity contribution in [2.75, 3.05) is 36.4 Å². The summed E-state index contributed by atoms with van der Waals surface area (Å²) in [6.45, 7) is 2.71. The Hall–Kier alpha value is -2.82. The summed E-state index contributed by atoms with van der Waals surface area (Å²) in [6.07, 6.45) is 4.20. The molecule has 0 unspecified atom stereocenters. The number of likely N-dealkylation sites (tertiary alicyclic amines) is 1. The number of amides is 2. The van der Waals surface area contributed by atoms with Crippen molar-refractivity contribution in [3.05, 3.63) is 59.7 Å². The topological polar surface area (TPSA) is 52.7 Å². The molecular weight excluding hydrogens is 338 g/mol. The van der Waals surface area contributed by atoms with Gasteiger partial charge in [0.2, 0.25) is 5.91 Å². The number of nitrogens with one attached hydrogen (secondary N) is 1. The molecule has 2 aromatic carbocycles. The molecule has 0 aliphatic carbocycles. The van der Waals surface area contributed by atoms with Crippen LogP contribution in [0.3, 0.4) is 0 Å². The van der Waals surface area contributed by atoms with Gasteiger partial charge in [-0.15, -0.1) is 0 Å². The highest BCUT2D eigenvalue weighted by atomic mass is 16.2. The first-order chi connectivity index (χ1) is 13.2. The van der Waals surface area contributed by atoms with Gasteiger partial charge in [-0.05, 0) is 61.6 Å². The molecule has 140 valence electrons. The highest BCUT2D eigenvalue weighted by Gasteiger charge is 2.22. The van der Waals surface area contributed by atoms with Crippen molar-refractivity contribution in [3.63, 3.8) is 0 Å². The van der Waals surface area contributed by atoms with Gasteiger partial charge in [-0.3, -0.25) is 9.59 Å². The molecule has 0 radical (unpaired) electrons. The fourth-order valence-corrected chi connectivity index (χ4v) is 3.90. The maximum atomic E-state index is 12.7. The summed E-state index contributed by atoms with van der Waals surface area (Å²) in [4.78, 5) is 28.9. The number of carbonyl (C=O) groups excluding carboxylic acids is 2. The third kappa shape index (κ3) is 3.82. The van der Waals surface area contributed by atoms with Crippen LogP contribution < -0.4 is 10.2 Å². The molecule has 1 N–H and O–H groups in total. The van der Waals surface area contributed by atoms with E-state index in [0.29, 0.717) is 5.56 Å². The molecule has 5 nitrogen and oxygen atoms in total. The molecule has 1 fully saturated rings. The van der Waals surface area contributed by atoms with Crippen LogP contribution in [0, 0.1) is 0 Å². The normalized spacial score (nSPS) is 16.1. The van der Waals surface area contributed by atoms with Crippen molar-refractivity contribution in [1.82, 2.24) is 4.90 Å². The molecule has 1 saturated heterocycles. The Morgan fingerprint density at radius 2 is 1.63 bits per heavy atom. The van der Waals surface area contributed by atoms with Crippen molar-refractivity contribution in [2.24, 2.45) is 0 Å². The van der Waals surface area contributed by atoms with Crippen molar-refractivity contribution >= 4 is 23.2 Å². The number of benzene rings is 2. The average molecular weight is 363 g/mol. The average Bonchev–Trinajstić information content (AvgIpc) is 3.26. The quantitative estimate of drug-likeness (QED) is 0.907. The number of carbonyl (C=O) groups is 2. The van der Waals surface area contributed by atoms with Gasteiger partial charge in [0.05, 0.1) is 6.54 Å². The summed E-state index contributed by atoms with van der Waals surface area (Å²) >= 11 is 0. The number of nitrogens with zero attached hydrogens (tertiary/aromatic N) is 2. The number of fused-ring (bicyclic) bond motifs is 1. The molecular formula is C22H25N3O2. The van der Waals surface area contributed by atoms with Crippen molar-refractivity contribution in [1.29, 1.82) is 0 Å². The van der Waals surface area contributed by atoms with E-state index >= 15 is 0 Å². The lowest BCUT2D eigenvalue weighted by molar-refractivity contribution is -0.117. The Balaban J connectivity index is 1.36. The van der Waals surface area contributed by atoms with E-state index in [9.17, 15) is 9.59 Å². The maximum absolute atomic E-state index is 12.7. The summed E-state index contributed by atoms with van der Waals surface area (Å²) in [5.74, 6) is 0.166. The van der Waals surface area contributed by atoms with E-state index in [1.54, 1.807) is 0 Å². The predicted octanol–water partition coefficient (Wildman–Crippen LogP) is 3.31. The third-order valence-electron chi connectivity index (χ3n) is 5.38. The summed E-state index contributed by atoms with van der Waals surface area (Å²) in [6, 6.07) is 15.5. The van der Waals surface area contributed by atoms with Crippen LogP contribution in [-0.4, -0.2) is 42.9 Å². The smallest absolute Gasteiger partial charge is 0.253 e. The molecule has 0 spiro atoms. The van der Waals surface area contributed by atoms with Crippen LogP contribution in [0.5, 0.6) is 0 Å². The minimum atomic E-state index is 0.0689. The molecule has 2 aromatic rings. The molecule has 2 aliphatic heterocycles. The monoisotopic (exact) mass is 363 g/mol. The molecule has 27 heavy (non-hydrogen) atoms. The van der Waals surface area contributed by atoms with E-state index in [1.807, 2.05) is 52.3 Å². The molecule has 0 saturated carbocycles. The SMILES string of the molecule is O=C(c1ccc(NCC(=O)N2CCCc3ccccc32)cc1)N1CCCC1. The number of rotatable bonds is 4. The molecule has 0 bridgehead atoms. The summed E-state index contributed by atoms with van der Waals surface area (Å²) in [7, 11) is 0. The van der Waals surface area contributed by atoms with Gasteiger partial charge < -0.3 is 15.1 Å². The second kappa shape index (κ2) is 7.82. The lowest BCUT2D eigenvalue weighted by Crippen LogP contribution is -2.39. The van der Waals surface area contributed by atoms with Gasteiger partial charge >= 0.3 is 0 Å². The maximum Gasteiger partial charge on any atom is 0.253 e. The summed E-state index contributed by atoms with van der Waals surface area (Å²) in [5.41, 5.74) is 3.83. The van der Waals surface area contributed by atoms with Crippen LogP contribution in [0.25, 0.3) is 0 Å². The zero-order chi connectivity index (χ0) is 18.6. The molecule has 2 heterocycles. The van der Waals surface area contributed by atoms with E-state index in [1.165, 1.54) is 5.56 Å². The number of para-hydroxylation sites is 1. The molecule has 5 heteroatoms. The molecule has 4 rings (SSSR count). The van der Waals surface area contributed by atoms with Crippen LogP contribution in [0.2, 0.25) is 0 Å². The van der Waals surface area contributed by atoms with Gasteiger partial charge in [0, 0.05) is 36.6 Å². The van der Waals surface area contributed by atoms with Crippen molar-refractivity contribution in [2.45, 2.75) is 25.7 Å². The van der Waals surface area contributed by atoms with Gasteiger partial charge in [-0.1, -0.05) is 18.2 Å². The Labute approximate surface area is 160 Å². The molecule has 0 atom stereocenters. The Kier molecular flexibility index (Phi) is 5.10. The molecule has 2 aliphatic rings. The second-order valence-electron chi connectivity index (χ2n) is 7.21. The number of hydrogen-bond donors (Lipinski definition) is 1. The number of aryl methyl sites for hydroxylation is 1. The van der Waals surface area contributed by atoms with Gasteiger partial charge in [-0.2, -0.15) is 0 Å². The van der Waals surface area contributed by atoms with Crippen LogP contribution in [0.1, 0.15) is 35.2 Å². The van der Waals surface area contributed by atoms with E-state index in [0.717, 1.165) is 56.7 Å². The van der Waals surface area contributed by atoms with Crippen LogP contribution in [0.15, 0.2) is 48.5 Å². The van der Waals surface area contributed by atoms with Gasteiger partial charge in [-0.25, -0.2) is 0 Å². The van der Waals surface area contributed by atoms with Gasteiger partial charge in [0.25, 0.3) is 5.91 Å². The van der Waals surface area contributed by atoms with Crippen LogP contribution >= 0.6 is 0 Å². The lowest BCUT2D eigenvalue weighted by Gasteiger charge is -2.29. The van der Waals surface area contributed by atoms with Gasteiger partial charge in [0.1, 0.15) is 0 Å². The number of anilines is 2. The first-order valence-corrected chi connectivity index (χ1v) is 9.74. The van der Waals surface area contributed by atoms with E-state index in [4.69, 9.17) is 0 Å². The Morgan fingerprint density at radius 1 is 0.889 bits per heavy atom. The summed E-state index contributed by atoms with van der Waals surface area (Å²) < 4.78 is 0. The highest BCUT2D eigenvalue weighted by Crippen LogP contribution is 2.26. The first kappa shape index (κ1) is 17.6. The number of hydrogen-bond acceptors (Lipinski definition) is 3. The highest BCUT2D eigenvalue weighted by molar-refractivity contribution is 5.97. The predicted molar refractivity (Wildman–Crippen MR) is 107 cm³/mol. The van der Waals surface area contributed by atoms with Crippen molar-refractivity contribution in [3.8, 4) is 0 Å². The Bertz CT molecular complexity index is 826. The zero-order valence-corrected chi connectivity index (χ0v) is 15.5. The minimum Gasteiger partial charge on any atom is -0.376 e. The fraction of sp³-hybridized carbons (Fsp3) is 0.364. The van der Waals surface area contributed by atoms with Gasteiger partial charge in [0.15, 0.2) is 0 Å². The van der Waals surface area contributed by atoms with Crippen molar-refractivity contribution < 1.29 is 9.59 Å². The van der Waals surface area contributed by atoms with Crippen LogP contribution in [-0.2, 0) is 11.2 Å². The zero-order valence-electron chi connectivity index (χ0n) is 15.5. The largest absolute Gasteiger partial charge is 0.376 e. The standard InChI is InChI=1S/C22H25N3O2/c26-21(25-15-5-7-17-6-1-2-8-20(17)25)16-23-19-11-9-18(10-12-19)22(27)24-13-3-4-14-24/h1-2,6,8-12,23H,3-5,7,13-16H2. The van der Waals surface area contributed by atoms with E-state index < -0.39 is 0 Å².